The van der Waals surface area contributed by atoms with E-state index in [9.17, 15) is 0 Å². The Morgan fingerprint density at radius 2 is 2.06 bits per heavy atom. The molecule has 4 heteroatoms. The van der Waals surface area contributed by atoms with E-state index in [1.807, 2.05) is 41.1 Å². The Morgan fingerprint density at radius 1 is 1.12 bits per heavy atom. The minimum Gasteiger partial charge on any atom is -0.390 e. The van der Waals surface area contributed by atoms with Crippen LogP contribution >= 0.6 is 0 Å². The number of aliphatic hydroxyl groups excluding tert-OH is 1. The van der Waals surface area contributed by atoms with Crippen molar-refractivity contribution in [3.63, 3.8) is 0 Å². The second-order valence-electron chi connectivity index (χ2n) is 3.78. The number of benzene rings is 1. The van der Waals surface area contributed by atoms with Gasteiger partial charge in [0.25, 0.3) is 0 Å². The number of hydrogen-bond acceptors (Lipinski definition) is 3. The normalized spacial score (nSPS) is 10.9. The largest absolute Gasteiger partial charge is 0.390 e. The van der Waals surface area contributed by atoms with Crippen molar-refractivity contribution in [1.82, 2.24) is 14.5 Å². The van der Waals surface area contributed by atoms with Crippen LogP contribution in [0, 0.1) is 0 Å². The van der Waals surface area contributed by atoms with Gasteiger partial charge in [-0.3, -0.25) is 4.98 Å². The molecule has 4 nitrogen and oxygen atoms in total. The molecule has 0 amide bonds. The van der Waals surface area contributed by atoms with E-state index in [1.165, 1.54) is 0 Å². The van der Waals surface area contributed by atoms with Crippen molar-refractivity contribution >= 4 is 10.9 Å². The van der Waals surface area contributed by atoms with E-state index >= 15 is 0 Å². The summed E-state index contributed by atoms with van der Waals surface area (Å²) in [6, 6.07) is 9.88. The van der Waals surface area contributed by atoms with Gasteiger partial charge in [-0.15, -0.1) is 0 Å². The summed E-state index contributed by atoms with van der Waals surface area (Å²) in [5.41, 5.74) is 2.62. The Hall–Kier alpha value is -2.20. The fraction of sp³-hybridized carbons (Fsp3) is 0.0769. The van der Waals surface area contributed by atoms with Crippen molar-refractivity contribution in [3.8, 4) is 5.69 Å². The molecule has 0 fully saturated rings. The zero-order chi connectivity index (χ0) is 11.7. The van der Waals surface area contributed by atoms with Crippen molar-refractivity contribution in [2.75, 3.05) is 0 Å². The quantitative estimate of drug-likeness (QED) is 0.724. The molecule has 0 aliphatic rings. The molecule has 0 bridgehead atoms. The van der Waals surface area contributed by atoms with E-state index in [0.717, 1.165) is 16.6 Å². The first kappa shape index (κ1) is 9.99. The molecule has 0 aliphatic heterocycles. The second-order valence-corrected chi connectivity index (χ2v) is 3.78. The van der Waals surface area contributed by atoms with Crippen molar-refractivity contribution < 1.29 is 5.11 Å². The third-order valence-corrected chi connectivity index (χ3v) is 2.70. The highest BCUT2D eigenvalue weighted by Crippen LogP contribution is 2.20. The topological polar surface area (TPSA) is 50.9 Å². The molecule has 17 heavy (non-hydrogen) atoms. The van der Waals surface area contributed by atoms with Crippen LogP contribution in [0.15, 0.2) is 49.1 Å². The predicted molar refractivity (Wildman–Crippen MR) is 64.8 cm³/mol. The summed E-state index contributed by atoms with van der Waals surface area (Å²) < 4.78 is 1.90. The van der Waals surface area contributed by atoms with Gasteiger partial charge in [0.15, 0.2) is 0 Å². The summed E-state index contributed by atoms with van der Waals surface area (Å²) in [4.78, 5) is 8.42. The molecular weight excluding hydrogens is 214 g/mol. The van der Waals surface area contributed by atoms with Gasteiger partial charge in [0.1, 0.15) is 0 Å². The van der Waals surface area contributed by atoms with Crippen LogP contribution in [-0.4, -0.2) is 19.6 Å². The number of fused-ring (bicyclic) bond motifs is 1. The highest BCUT2D eigenvalue weighted by Gasteiger charge is 2.04. The third kappa shape index (κ3) is 1.68. The summed E-state index contributed by atoms with van der Waals surface area (Å²) in [5.74, 6) is 0. The van der Waals surface area contributed by atoms with Gasteiger partial charge < -0.3 is 9.67 Å². The Labute approximate surface area is 98.2 Å². The van der Waals surface area contributed by atoms with Crippen molar-refractivity contribution in [2.45, 2.75) is 6.61 Å². The lowest BCUT2D eigenvalue weighted by Crippen LogP contribution is -1.92. The molecule has 1 aromatic carbocycles. The fourth-order valence-electron chi connectivity index (χ4n) is 1.89. The molecule has 1 N–H and O–H groups in total. The first-order valence-electron chi connectivity index (χ1n) is 5.36. The average Bonchev–Trinajstić information content (AvgIpc) is 2.87. The standard InChI is InChI=1S/C13H11N3O/c17-8-10-7-16(9-15-10)13-5-1-4-12-11(13)3-2-6-14-12/h1-7,9,17H,8H2. The molecule has 2 heterocycles. The molecule has 3 aromatic rings. The van der Waals surface area contributed by atoms with Gasteiger partial charge in [-0.2, -0.15) is 0 Å². The number of pyridine rings is 1. The van der Waals surface area contributed by atoms with Crippen molar-refractivity contribution in [3.05, 3.63) is 54.7 Å². The van der Waals surface area contributed by atoms with Crippen LogP contribution < -0.4 is 0 Å². The smallest absolute Gasteiger partial charge is 0.0996 e. The Kier molecular flexibility index (Phi) is 2.34. The van der Waals surface area contributed by atoms with Crippen LogP contribution in [-0.2, 0) is 6.61 Å². The van der Waals surface area contributed by atoms with E-state index in [1.54, 1.807) is 12.5 Å². The molecule has 2 aromatic heterocycles. The zero-order valence-corrected chi connectivity index (χ0v) is 9.11. The lowest BCUT2D eigenvalue weighted by atomic mass is 10.2. The average molecular weight is 225 g/mol. The SMILES string of the molecule is OCc1cn(-c2cccc3ncccc23)cn1. The zero-order valence-electron chi connectivity index (χ0n) is 9.11. The van der Waals surface area contributed by atoms with E-state index in [2.05, 4.69) is 9.97 Å². The number of nitrogens with zero attached hydrogens (tertiary/aromatic N) is 3. The maximum Gasteiger partial charge on any atom is 0.0996 e. The van der Waals surface area contributed by atoms with Gasteiger partial charge in [-0.25, -0.2) is 4.98 Å². The molecule has 0 atom stereocenters. The third-order valence-electron chi connectivity index (χ3n) is 2.70. The highest BCUT2D eigenvalue weighted by molar-refractivity contribution is 5.86. The van der Waals surface area contributed by atoms with Crippen LogP contribution in [0.3, 0.4) is 0 Å². The summed E-state index contributed by atoms with van der Waals surface area (Å²) in [6.45, 7) is -0.0456. The van der Waals surface area contributed by atoms with E-state index in [4.69, 9.17) is 5.11 Å². The van der Waals surface area contributed by atoms with Gasteiger partial charge in [-0.05, 0) is 24.3 Å². The minimum absolute atomic E-state index is 0.0456. The van der Waals surface area contributed by atoms with Crippen LogP contribution in [0.2, 0.25) is 0 Å². The highest BCUT2D eigenvalue weighted by atomic mass is 16.3. The van der Waals surface area contributed by atoms with Gasteiger partial charge in [0.2, 0.25) is 0 Å². The van der Waals surface area contributed by atoms with E-state index in [-0.39, 0.29) is 6.61 Å². The summed E-state index contributed by atoms with van der Waals surface area (Å²) in [6.07, 6.45) is 5.30. The molecule has 0 spiro atoms. The number of hydrogen-bond donors (Lipinski definition) is 1. The van der Waals surface area contributed by atoms with Crippen molar-refractivity contribution in [1.29, 1.82) is 0 Å². The Morgan fingerprint density at radius 3 is 2.88 bits per heavy atom. The minimum atomic E-state index is -0.0456. The van der Waals surface area contributed by atoms with Gasteiger partial charge in [0, 0.05) is 17.8 Å². The number of aromatic nitrogens is 3. The predicted octanol–water partition coefficient (Wildman–Crippen LogP) is 1.91. The number of rotatable bonds is 2. The fourth-order valence-corrected chi connectivity index (χ4v) is 1.89. The molecular formula is C13H11N3O. The Balaban J connectivity index is 2.23. The van der Waals surface area contributed by atoms with Crippen molar-refractivity contribution in [2.24, 2.45) is 0 Å². The maximum absolute atomic E-state index is 9.02. The number of aliphatic hydroxyl groups is 1. The maximum atomic E-state index is 9.02. The molecule has 84 valence electrons. The molecule has 0 aliphatic carbocycles. The second kappa shape index (κ2) is 3.99. The van der Waals surface area contributed by atoms with Crippen LogP contribution in [0.1, 0.15) is 5.69 Å². The summed E-state index contributed by atoms with van der Waals surface area (Å²) in [5, 5.41) is 10.1. The van der Waals surface area contributed by atoms with E-state index < -0.39 is 0 Å². The first-order chi connectivity index (χ1) is 8.38. The molecule has 0 saturated carbocycles. The Bertz CT molecular complexity index is 655. The lowest BCUT2D eigenvalue weighted by molar-refractivity contribution is 0.277. The molecule has 0 radical (unpaired) electrons. The van der Waals surface area contributed by atoms with Crippen LogP contribution in [0.4, 0.5) is 0 Å². The molecule has 3 rings (SSSR count). The van der Waals surface area contributed by atoms with E-state index in [0.29, 0.717) is 5.69 Å². The molecule has 0 saturated heterocycles. The summed E-state index contributed by atoms with van der Waals surface area (Å²) in [7, 11) is 0. The first-order valence-corrected chi connectivity index (χ1v) is 5.36. The number of imidazole rings is 1. The molecule has 0 unspecified atom stereocenters. The van der Waals surface area contributed by atoms with Gasteiger partial charge in [-0.1, -0.05) is 6.07 Å². The summed E-state index contributed by atoms with van der Waals surface area (Å²) >= 11 is 0. The van der Waals surface area contributed by atoms with Crippen LogP contribution in [0.5, 0.6) is 0 Å². The van der Waals surface area contributed by atoms with Gasteiger partial charge >= 0.3 is 0 Å². The lowest BCUT2D eigenvalue weighted by Gasteiger charge is -2.05. The monoisotopic (exact) mass is 225 g/mol. The van der Waals surface area contributed by atoms with Crippen LogP contribution in [0.25, 0.3) is 16.6 Å². The van der Waals surface area contributed by atoms with Gasteiger partial charge in [0.05, 0.1) is 29.8 Å².